The van der Waals surface area contributed by atoms with Crippen LogP contribution in [-0.4, -0.2) is 19.2 Å². The van der Waals surface area contributed by atoms with Crippen molar-refractivity contribution < 1.29 is 9.47 Å². The fourth-order valence-corrected chi connectivity index (χ4v) is 2.89. The van der Waals surface area contributed by atoms with Gasteiger partial charge in [0.25, 0.3) is 0 Å². The van der Waals surface area contributed by atoms with Crippen molar-refractivity contribution >= 4 is 34.0 Å². The van der Waals surface area contributed by atoms with Gasteiger partial charge in [0.05, 0.1) is 24.3 Å². The Morgan fingerprint density at radius 1 is 0.913 bits per heavy atom. The first-order valence-corrected chi connectivity index (χ1v) is 7.80. The summed E-state index contributed by atoms with van der Waals surface area (Å²) < 4.78 is 10.7. The second kappa shape index (κ2) is 6.65. The molecule has 0 aliphatic carbocycles. The summed E-state index contributed by atoms with van der Waals surface area (Å²) in [5.41, 5.74) is 2.16. The van der Waals surface area contributed by atoms with Gasteiger partial charge >= 0.3 is 0 Å². The maximum Gasteiger partial charge on any atom is 0.161 e. The number of rotatable bonds is 4. The van der Waals surface area contributed by atoms with E-state index >= 15 is 0 Å². The molecule has 0 spiro atoms. The van der Waals surface area contributed by atoms with Gasteiger partial charge in [-0.15, -0.1) is 0 Å². The molecular weight excluding hydrogens is 333 g/mol. The molecule has 0 saturated carbocycles. The first kappa shape index (κ1) is 15.9. The van der Waals surface area contributed by atoms with E-state index < -0.39 is 0 Å². The number of hydrogen-bond donors (Lipinski definition) is 0. The van der Waals surface area contributed by atoms with Crippen LogP contribution in [-0.2, 0) is 6.42 Å². The topological polar surface area (TPSA) is 31.4 Å². The van der Waals surface area contributed by atoms with Gasteiger partial charge in [-0.2, -0.15) is 0 Å². The molecule has 3 rings (SSSR count). The lowest BCUT2D eigenvalue weighted by Gasteiger charge is -2.12. The summed E-state index contributed by atoms with van der Waals surface area (Å²) in [7, 11) is 3.25. The minimum Gasteiger partial charge on any atom is -0.493 e. The molecule has 118 valence electrons. The second-order valence-electron chi connectivity index (χ2n) is 5.15. The maximum atomic E-state index is 6.10. The van der Waals surface area contributed by atoms with E-state index in [4.69, 9.17) is 32.7 Å². The van der Waals surface area contributed by atoms with E-state index in [1.54, 1.807) is 20.3 Å². The maximum absolute atomic E-state index is 6.10. The smallest absolute Gasteiger partial charge is 0.161 e. The highest BCUT2D eigenvalue weighted by Gasteiger charge is 2.10. The van der Waals surface area contributed by atoms with Gasteiger partial charge in [0, 0.05) is 17.8 Å². The third-order valence-electron chi connectivity index (χ3n) is 3.72. The predicted octanol–water partition coefficient (Wildman–Crippen LogP) is 5.15. The number of nitrogens with zero attached hydrogens (tertiary/aromatic N) is 1. The van der Waals surface area contributed by atoms with Crippen LogP contribution in [0.1, 0.15) is 11.1 Å². The predicted molar refractivity (Wildman–Crippen MR) is 94.1 cm³/mol. The van der Waals surface area contributed by atoms with E-state index in [9.17, 15) is 0 Å². The van der Waals surface area contributed by atoms with Crippen molar-refractivity contribution in [2.24, 2.45) is 0 Å². The summed E-state index contributed by atoms with van der Waals surface area (Å²) in [6.07, 6.45) is 4.38. The molecule has 0 unspecified atom stereocenters. The number of ether oxygens (including phenoxy) is 2. The fourth-order valence-electron chi connectivity index (χ4n) is 2.57. The highest BCUT2D eigenvalue weighted by Crippen LogP contribution is 2.34. The molecule has 0 N–H and O–H groups in total. The summed E-state index contributed by atoms with van der Waals surface area (Å²) in [6.45, 7) is 0. The number of methoxy groups -OCH3 is 2. The summed E-state index contributed by atoms with van der Waals surface area (Å²) in [5.74, 6) is 1.38. The Balaban J connectivity index is 2.08. The van der Waals surface area contributed by atoms with Crippen LogP contribution in [0.4, 0.5) is 0 Å². The van der Waals surface area contributed by atoms with Gasteiger partial charge in [-0.3, -0.25) is 4.98 Å². The zero-order valence-corrected chi connectivity index (χ0v) is 14.3. The fraction of sp³-hybridized carbons (Fsp3) is 0.167. The third kappa shape index (κ3) is 3.21. The Morgan fingerprint density at radius 3 is 2.35 bits per heavy atom. The average Bonchev–Trinajstić information content (AvgIpc) is 2.57. The van der Waals surface area contributed by atoms with Crippen LogP contribution in [0.2, 0.25) is 10.0 Å². The van der Waals surface area contributed by atoms with Crippen LogP contribution >= 0.6 is 23.2 Å². The largest absolute Gasteiger partial charge is 0.493 e. The summed E-state index contributed by atoms with van der Waals surface area (Å²) >= 11 is 12.1. The van der Waals surface area contributed by atoms with Crippen LogP contribution in [0, 0.1) is 0 Å². The number of aromatic nitrogens is 1. The zero-order valence-electron chi connectivity index (χ0n) is 12.8. The normalized spacial score (nSPS) is 10.8. The van der Waals surface area contributed by atoms with Gasteiger partial charge in [-0.25, -0.2) is 0 Å². The minimum atomic E-state index is 0.552. The standard InChI is InChI=1S/C18H15Cl2NO2/c1-22-17-7-13-10-21-9-12(14(13)8-18(17)23-2)5-11-3-4-15(19)16(20)6-11/h3-4,6-10H,5H2,1-2H3. The SMILES string of the molecule is COc1cc2cncc(Cc3ccc(Cl)c(Cl)c3)c2cc1OC. The monoisotopic (exact) mass is 347 g/mol. The van der Waals surface area contributed by atoms with Gasteiger partial charge in [-0.1, -0.05) is 29.3 Å². The Hall–Kier alpha value is -1.97. The van der Waals surface area contributed by atoms with Gasteiger partial charge in [0.2, 0.25) is 0 Å². The number of hydrogen-bond acceptors (Lipinski definition) is 3. The van der Waals surface area contributed by atoms with E-state index in [0.717, 1.165) is 21.9 Å². The molecule has 0 radical (unpaired) electrons. The van der Waals surface area contributed by atoms with Gasteiger partial charge < -0.3 is 9.47 Å². The summed E-state index contributed by atoms with van der Waals surface area (Å²) in [4.78, 5) is 4.32. The van der Waals surface area contributed by atoms with Crippen molar-refractivity contribution in [2.75, 3.05) is 14.2 Å². The lowest BCUT2D eigenvalue weighted by molar-refractivity contribution is 0.356. The van der Waals surface area contributed by atoms with E-state index in [2.05, 4.69) is 4.98 Å². The average molecular weight is 348 g/mol. The second-order valence-corrected chi connectivity index (χ2v) is 5.97. The molecule has 0 saturated heterocycles. The van der Waals surface area contributed by atoms with Crippen molar-refractivity contribution in [1.82, 2.24) is 4.98 Å². The zero-order chi connectivity index (χ0) is 16.4. The molecule has 2 aromatic carbocycles. The quantitative estimate of drug-likeness (QED) is 0.653. The molecule has 1 heterocycles. The highest BCUT2D eigenvalue weighted by atomic mass is 35.5. The van der Waals surface area contributed by atoms with Crippen LogP contribution in [0.5, 0.6) is 11.5 Å². The molecule has 5 heteroatoms. The van der Waals surface area contributed by atoms with Crippen molar-refractivity contribution in [3.8, 4) is 11.5 Å². The molecule has 3 aromatic rings. The molecule has 0 fully saturated rings. The molecule has 1 aromatic heterocycles. The Kier molecular flexibility index (Phi) is 4.60. The van der Waals surface area contributed by atoms with E-state index in [1.807, 2.05) is 36.7 Å². The van der Waals surface area contributed by atoms with Gasteiger partial charge in [0.1, 0.15) is 0 Å². The molecular formula is C18H15Cl2NO2. The van der Waals surface area contributed by atoms with E-state index in [-0.39, 0.29) is 0 Å². The molecule has 23 heavy (non-hydrogen) atoms. The molecule has 0 amide bonds. The third-order valence-corrected chi connectivity index (χ3v) is 4.46. The lowest BCUT2D eigenvalue weighted by Crippen LogP contribution is -1.95. The molecule has 0 atom stereocenters. The van der Waals surface area contributed by atoms with Gasteiger partial charge in [-0.05, 0) is 47.2 Å². The van der Waals surface area contributed by atoms with Crippen LogP contribution < -0.4 is 9.47 Å². The Labute approximate surface area is 144 Å². The first-order valence-electron chi connectivity index (χ1n) is 7.05. The first-order chi connectivity index (χ1) is 11.1. The van der Waals surface area contributed by atoms with Crippen LogP contribution in [0.15, 0.2) is 42.7 Å². The number of fused-ring (bicyclic) bond motifs is 1. The number of halogens is 2. The Morgan fingerprint density at radius 2 is 1.65 bits per heavy atom. The van der Waals surface area contributed by atoms with Crippen LogP contribution in [0.25, 0.3) is 10.8 Å². The molecule has 0 aliphatic rings. The molecule has 0 aliphatic heterocycles. The molecule has 3 nitrogen and oxygen atoms in total. The highest BCUT2D eigenvalue weighted by molar-refractivity contribution is 6.42. The summed E-state index contributed by atoms with van der Waals surface area (Å²) in [6, 6.07) is 9.56. The van der Waals surface area contributed by atoms with E-state index in [1.165, 1.54) is 0 Å². The van der Waals surface area contributed by atoms with Crippen LogP contribution in [0.3, 0.4) is 0 Å². The minimum absolute atomic E-state index is 0.552. The lowest BCUT2D eigenvalue weighted by atomic mass is 10.0. The van der Waals surface area contributed by atoms with Gasteiger partial charge in [0.15, 0.2) is 11.5 Å². The number of benzene rings is 2. The van der Waals surface area contributed by atoms with Crippen molar-refractivity contribution in [3.63, 3.8) is 0 Å². The van der Waals surface area contributed by atoms with Crippen molar-refractivity contribution in [3.05, 3.63) is 63.9 Å². The summed E-state index contributed by atoms with van der Waals surface area (Å²) in [5, 5.41) is 3.18. The van der Waals surface area contributed by atoms with E-state index in [0.29, 0.717) is 28.0 Å². The van der Waals surface area contributed by atoms with Crippen molar-refractivity contribution in [1.29, 1.82) is 0 Å². The molecule has 0 bridgehead atoms. The van der Waals surface area contributed by atoms with Crippen molar-refractivity contribution in [2.45, 2.75) is 6.42 Å². The number of pyridine rings is 1. The Bertz CT molecular complexity index is 865.